The first kappa shape index (κ1) is 15.1. The van der Waals surface area contributed by atoms with E-state index in [0.717, 1.165) is 16.7 Å². The van der Waals surface area contributed by atoms with Gasteiger partial charge in [0.05, 0.1) is 4.53 Å². The van der Waals surface area contributed by atoms with Crippen molar-refractivity contribution in [1.82, 2.24) is 14.6 Å². The summed E-state index contributed by atoms with van der Waals surface area (Å²) in [5, 5.41) is 8.94. The largest absolute Gasteiger partial charge is 0.276 e. The van der Waals surface area contributed by atoms with Crippen LogP contribution >= 0.6 is 22.9 Å². The molecule has 0 aliphatic heterocycles. The number of nitrogens with zero attached hydrogens (tertiary/aromatic N) is 3. The van der Waals surface area contributed by atoms with E-state index in [2.05, 4.69) is 10.2 Å². The Hall–Kier alpha value is -2.50. The van der Waals surface area contributed by atoms with Gasteiger partial charge in [-0.15, -0.1) is 10.2 Å². The number of thiazole rings is 1. The third kappa shape index (κ3) is 2.52. The number of benzene rings is 2. The maximum atomic E-state index is 12.8. The van der Waals surface area contributed by atoms with Crippen molar-refractivity contribution in [3.8, 4) is 11.4 Å². The van der Waals surface area contributed by atoms with Crippen molar-refractivity contribution >= 4 is 34.0 Å². The number of fused-ring (bicyclic) bond motifs is 1. The van der Waals surface area contributed by atoms with Crippen LogP contribution in [0.15, 0.2) is 53.3 Å². The second-order valence-electron chi connectivity index (χ2n) is 5.45. The summed E-state index contributed by atoms with van der Waals surface area (Å²) in [6, 6.07) is 15.3. The molecule has 0 fully saturated rings. The summed E-state index contributed by atoms with van der Waals surface area (Å²) in [4.78, 5) is 13.4. The molecule has 2 aromatic heterocycles. The predicted molar refractivity (Wildman–Crippen MR) is 97.5 cm³/mol. The summed E-state index contributed by atoms with van der Waals surface area (Å²) in [6.07, 6.45) is 1.80. The molecule has 0 amide bonds. The van der Waals surface area contributed by atoms with E-state index in [4.69, 9.17) is 11.6 Å². The second kappa shape index (κ2) is 5.85. The van der Waals surface area contributed by atoms with Gasteiger partial charge in [-0.3, -0.25) is 4.79 Å². The molecular formula is C18H12ClN3OS. The average Bonchev–Trinajstić information content (AvgIpc) is 3.11. The smallest absolute Gasteiger partial charge is 0.267 e. The minimum absolute atomic E-state index is 0.128. The van der Waals surface area contributed by atoms with Gasteiger partial charge in [0.15, 0.2) is 5.82 Å². The highest BCUT2D eigenvalue weighted by Gasteiger charge is 2.14. The molecule has 0 radical (unpaired) electrons. The molecule has 0 saturated heterocycles. The van der Waals surface area contributed by atoms with Crippen molar-refractivity contribution in [1.29, 1.82) is 0 Å². The van der Waals surface area contributed by atoms with Crippen LogP contribution in [0.4, 0.5) is 0 Å². The lowest BCUT2D eigenvalue weighted by Crippen LogP contribution is -2.23. The number of aromatic nitrogens is 3. The minimum Gasteiger partial charge on any atom is -0.267 e. The number of halogens is 1. The Bertz CT molecular complexity index is 1160. The maximum absolute atomic E-state index is 12.8. The summed E-state index contributed by atoms with van der Waals surface area (Å²) in [5.41, 5.74) is 2.67. The van der Waals surface area contributed by atoms with E-state index in [-0.39, 0.29) is 5.56 Å². The Balaban J connectivity index is 1.95. The molecule has 0 bridgehead atoms. The molecule has 0 aliphatic carbocycles. The molecule has 4 rings (SSSR count). The van der Waals surface area contributed by atoms with Gasteiger partial charge >= 0.3 is 0 Å². The van der Waals surface area contributed by atoms with Crippen LogP contribution in [0, 0.1) is 6.92 Å². The minimum atomic E-state index is -0.128. The van der Waals surface area contributed by atoms with Crippen LogP contribution in [0.25, 0.3) is 22.4 Å². The van der Waals surface area contributed by atoms with Crippen LogP contribution < -0.4 is 10.1 Å². The quantitative estimate of drug-likeness (QED) is 0.555. The summed E-state index contributed by atoms with van der Waals surface area (Å²) in [6.45, 7) is 2.00. The Morgan fingerprint density at radius 2 is 1.96 bits per heavy atom. The fraction of sp³-hybridized carbons (Fsp3) is 0.0556. The van der Waals surface area contributed by atoms with Crippen LogP contribution in [0.1, 0.15) is 11.1 Å². The first-order valence-corrected chi connectivity index (χ1v) is 8.54. The van der Waals surface area contributed by atoms with Crippen LogP contribution in [0.3, 0.4) is 0 Å². The van der Waals surface area contributed by atoms with Gasteiger partial charge in [0.2, 0.25) is 4.96 Å². The Morgan fingerprint density at radius 3 is 2.75 bits per heavy atom. The molecule has 6 heteroatoms. The van der Waals surface area contributed by atoms with Gasteiger partial charge in [-0.1, -0.05) is 64.9 Å². The third-order valence-electron chi connectivity index (χ3n) is 3.72. The van der Waals surface area contributed by atoms with E-state index in [9.17, 15) is 4.79 Å². The molecule has 0 N–H and O–H groups in total. The van der Waals surface area contributed by atoms with Gasteiger partial charge < -0.3 is 0 Å². The van der Waals surface area contributed by atoms with Crippen molar-refractivity contribution in [2.24, 2.45) is 0 Å². The normalized spacial score (nSPS) is 12.2. The molecule has 0 spiro atoms. The first-order chi connectivity index (χ1) is 11.6. The molecule has 24 heavy (non-hydrogen) atoms. The number of aryl methyl sites for hydroxylation is 1. The van der Waals surface area contributed by atoms with Crippen molar-refractivity contribution in [2.45, 2.75) is 6.92 Å². The van der Waals surface area contributed by atoms with E-state index in [0.29, 0.717) is 20.3 Å². The average molecular weight is 354 g/mol. The van der Waals surface area contributed by atoms with Crippen LogP contribution in [0.5, 0.6) is 0 Å². The number of hydrogen-bond donors (Lipinski definition) is 0. The van der Waals surface area contributed by atoms with E-state index < -0.39 is 0 Å². The van der Waals surface area contributed by atoms with Crippen molar-refractivity contribution in [3.05, 3.63) is 79.6 Å². The van der Waals surface area contributed by atoms with Gasteiger partial charge in [-0.2, -0.15) is 0 Å². The highest BCUT2D eigenvalue weighted by molar-refractivity contribution is 7.15. The highest BCUT2D eigenvalue weighted by Crippen LogP contribution is 2.19. The Labute approximate surface area is 146 Å². The second-order valence-corrected chi connectivity index (χ2v) is 6.86. The van der Waals surface area contributed by atoms with Crippen LogP contribution in [-0.4, -0.2) is 14.6 Å². The fourth-order valence-corrected chi connectivity index (χ4v) is 3.66. The standard InChI is InChI=1S/C18H12ClN3OS/c1-11-5-4-7-13(9-11)16-20-21-18-22(16)17(23)15(24-18)10-12-6-2-3-8-14(12)19/h2-10H,1H3/b15-10-. The van der Waals surface area contributed by atoms with E-state index in [1.807, 2.05) is 49.4 Å². The molecule has 2 heterocycles. The fourth-order valence-electron chi connectivity index (χ4n) is 2.57. The summed E-state index contributed by atoms with van der Waals surface area (Å²) >= 11 is 7.49. The first-order valence-electron chi connectivity index (χ1n) is 7.35. The van der Waals surface area contributed by atoms with Gasteiger partial charge in [0.25, 0.3) is 5.56 Å². The molecule has 4 nitrogen and oxygen atoms in total. The molecule has 118 valence electrons. The van der Waals surface area contributed by atoms with Crippen LogP contribution in [-0.2, 0) is 0 Å². The van der Waals surface area contributed by atoms with E-state index in [1.165, 1.54) is 11.3 Å². The van der Waals surface area contributed by atoms with Crippen molar-refractivity contribution in [3.63, 3.8) is 0 Å². The Morgan fingerprint density at radius 1 is 1.12 bits per heavy atom. The zero-order chi connectivity index (χ0) is 16.7. The van der Waals surface area contributed by atoms with Gasteiger partial charge in [0, 0.05) is 10.6 Å². The topological polar surface area (TPSA) is 47.3 Å². The van der Waals surface area contributed by atoms with E-state index in [1.54, 1.807) is 16.5 Å². The maximum Gasteiger partial charge on any atom is 0.276 e. The van der Waals surface area contributed by atoms with Gasteiger partial charge in [-0.05, 0) is 30.7 Å². The lowest BCUT2D eigenvalue weighted by molar-refractivity contribution is 1.09. The molecule has 4 aromatic rings. The number of rotatable bonds is 2. The predicted octanol–water partition coefficient (Wildman–Crippen LogP) is 3.33. The van der Waals surface area contributed by atoms with Crippen LogP contribution in [0.2, 0.25) is 5.02 Å². The van der Waals surface area contributed by atoms with Gasteiger partial charge in [0.1, 0.15) is 0 Å². The molecular weight excluding hydrogens is 342 g/mol. The molecule has 0 unspecified atom stereocenters. The third-order valence-corrected chi connectivity index (χ3v) is 5.02. The zero-order valence-electron chi connectivity index (χ0n) is 12.7. The van der Waals surface area contributed by atoms with Crippen molar-refractivity contribution < 1.29 is 0 Å². The monoisotopic (exact) mass is 353 g/mol. The SMILES string of the molecule is Cc1cccc(-c2nnc3s/c(=C\c4ccccc4Cl)c(=O)n23)c1. The molecule has 0 atom stereocenters. The number of hydrogen-bond acceptors (Lipinski definition) is 4. The zero-order valence-corrected chi connectivity index (χ0v) is 14.3. The molecule has 2 aromatic carbocycles. The molecule has 0 saturated carbocycles. The molecule has 0 aliphatic rings. The summed E-state index contributed by atoms with van der Waals surface area (Å²) < 4.78 is 2.14. The Kier molecular flexibility index (Phi) is 3.67. The lowest BCUT2D eigenvalue weighted by atomic mass is 10.1. The summed E-state index contributed by atoms with van der Waals surface area (Å²) in [7, 11) is 0. The lowest BCUT2D eigenvalue weighted by Gasteiger charge is -1.98. The summed E-state index contributed by atoms with van der Waals surface area (Å²) in [5.74, 6) is 0.564. The van der Waals surface area contributed by atoms with E-state index >= 15 is 0 Å². The van der Waals surface area contributed by atoms with Gasteiger partial charge in [-0.25, -0.2) is 4.40 Å². The van der Waals surface area contributed by atoms with Crippen molar-refractivity contribution in [2.75, 3.05) is 0 Å². The highest BCUT2D eigenvalue weighted by atomic mass is 35.5.